The number of aromatic nitrogens is 2. The molecule has 0 bridgehead atoms. The molecule has 0 aliphatic heterocycles. The van der Waals surface area contributed by atoms with E-state index in [2.05, 4.69) is 48.6 Å². The molecule has 0 fully saturated rings. The summed E-state index contributed by atoms with van der Waals surface area (Å²) < 4.78 is 0. The number of aryl methyl sites for hydroxylation is 3. The van der Waals surface area contributed by atoms with Crippen molar-refractivity contribution in [2.45, 2.75) is 45.3 Å². The number of rotatable bonds is 7. The van der Waals surface area contributed by atoms with Gasteiger partial charge in [0.2, 0.25) is 0 Å². The number of nitrogens with zero attached hydrogens (tertiary/aromatic N) is 2. The summed E-state index contributed by atoms with van der Waals surface area (Å²) in [4.78, 5) is 37.5. The zero-order valence-electron chi connectivity index (χ0n) is 18.1. The van der Waals surface area contributed by atoms with E-state index in [0.29, 0.717) is 45.3 Å². The zero-order chi connectivity index (χ0) is 22.0. The number of H-pyrrole nitrogens is 1. The van der Waals surface area contributed by atoms with Crippen molar-refractivity contribution in [1.29, 1.82) is 0 Å². The Bertz CT molecular complexity index is 1180. The lowest BCUT2D eigenvalue weighted by molar-refractivity contribution is 0.0782. The minimum Gasteiger partial charge on any atom is -0.334 e. The van der Waals surface area contributed by atoms with Gasteiger partial charge < -0.3 is 9.88 Å². The number of benzene rings is 1. The van der Waals surface area contributed by atoms with Gasteiger partial charge in [-0.15, -0.1) is 23.1 Å². The van der Waals surface area contributed by atoms with E-state index in [0.717, 1.165) is 5.57 Å². The second-order valence-electron chi connectivity index (χ2n) is 7.58. The molecule has 7 heteroatoms. The van der Waals surface area contributed by atoms with Gasteiger partial charge >= 0.3 is 0 Å². The maximum atomic E-state index is 13.0. The molecule has 2 heterocycles. The van der Waals surface area contributed by atoms with Crippen molar-refractivity contribution < 1.29 is 4.79 Å². The molecule has 1 aromatic carbocycles. The zero-order valence-corrected chi connectivity index (χ0v) is 19.7. The number of carbonyl (C=O) groups is 1. The van der Waals surface area contributed by atoms with Gasteiger partial charge in [0.05, 0.1) is 16.0 Å². The first-order chi connectivity index (χ1) is 14.2. The van der Waals surface area contributed by atoms with Gasteiger partial charge in [-0.2, -0.15) is 0 Å². The van der Waals surface area contributed by atoms with Gasteiger partial charge in [-0.05, 0) is 51.8 Å². The van der Waals surface area contributed by atoms with E-state index in [4.69, 9.17) is 0 Å². The summed E-state index contributed by atoms with van der Waals surface area (Å²) in [5.41, 5.74) is 3.83. The van der Waals surface area contributed by atoms with Crippen LogP contribution in [0.15, 0.2) is 40.0 Å². The number of hydrogen-bond donors (Lipinski definition) is 1. The van der Waals surface area contributed by atoms with Gasteiger partial charge in [0, 0.05) is 18.0 Å². The Morgan fingerprint density at radius 2 is 2.03 bits per heavy atom. The number of hydrogen-bond acceptors (Lipinski definition) is 5. The fourth-order valence-corrected chi connectivity index (χ4v) is 5.43. The molecule has 0 spiro atoms. The number of thiophene rings is 1. The molecule has 1 N–H and O–H groups in total. The third-order valence-corrected chi connectivity index (χ3v) is 7.22. The van der Waals surface area contributed by atoms with E-state index in [9.17, 15) is 9.59 Å². The number of nitrogens with one attached hydrogen (secondary N) is 1. The summed E-state index contributed by atoms with van der Waals surface area (Å²) in [6.07, 6.45) is 0. The highest BCUT2D eigenvalue weighted by molar-refractivity contribution is 7.98. The Hall–Kier alpha value is -2.38. The van der Waals surface area contributed by atoms with Gasteiger partial charge in [0.15, 0.2) is 0 Å². The number of likely N-dealkylation sites (N-methyl/N-ethyl adjacent to an activating group) is 1. The topological polar surface area (TPSA) is 66.1 Å². The van der Waals surface area contributed by atoms with Gasteiger partial charge in [-0.25, -0.2) is 4.98 Å². The molecule has 0 aliphatic carbocycles. The third-order valence-electron chi connectivity index (χ3n) is 4.88. The molecule has 0 radical (unpaired) electrons. The van der Waals surface area contributed by atoms with Crippen LogP contribution >= 0.6 is 23.1 Å². The summed E-state index contributed by atoms with van der Waals surface area (Å²) in [5.74, 6) is 1.10. The van der Waals surface area contributed by atoms with Crippen molar-refractivity contribution in [1.82, 2.24) is 14.9 Å². The molecule has 0 saturated carbocycles. The lowest BCUT2D eigenvalue weighted by Gasteiger charge is -2.20. The average molecular weight is 442 g/mol. The van der Waals surface area contributed by atoms with E-state index < -0.39 is 0 Å². The summed E-state index contributed by atoms with van der Waals surface area (Å²) in [7, 11) is 0. The number of fused-ring (bicyclic) bond motifs is 1. The number of thioether (sulfide) groups is 1. The van der Waals surface area contributed by atoms with Crippen molar-refractivity contribution in [3.63, 3.8) is 0 Å². The van der Waals surface area contributed by atoms with Crippen LogP contribution in [0.1, 0.15) is 46.0 Å². The molecular weight excluding hydrogens is 414 g/mol. The van der Waals surface area contributed by atoms with Crippen LogP contribution in [0.2, 0.25) is 0 Å². The fourth-order valence-electron chi connectivity index (χ4n) is 3.27. The van der Waals surface area contributed by atoms with Crippen molar-refractivity contribution in [2.24, 2.45) is 0 Å². The maximum Gasteiger partial charge on any atom is 0.264 e. The Balaban J connectivity index is 1.92. The van der Waals surface area contributed by atoms with Gasteiger partial charge in [-0.1, -0.05) is 29.8 Å². The highest BCUT2D eigenvalue weighted by Crippen LogP contribution is 2.30. The molecule has 2 aromatic heterocycles. The first kappa shape index (κ1) is 22.3. The van der Waals surface area contributed by atoms with E-state index in [-0.39, 0.29) is 11.5 Å². The van der Waals surface area contributed by atoms with E-state index >= 15 is 0 Å². The molecule has 3 rings (SSSR count). The standard InChI is InChI=1S/C23H27N3O2S2/c1-7-26(11-13(2)3)23(28)20-16(6)19-21(27)24-18(25-22(19)30-20)12-29-17-10-14(4)8-9-15(17)5/h8-10H,2,7,11-12H2,1,3-6H3,(H,24,25,27). The predicted molar refractivity (Wildman–Crippen MR) is 127 cm³/mol. The molecule has 0 aliphatic rings. The summed E-state index contributed by atoms with van der Waals surface area (Å²) in [6.45, 7) is 14.8. The minimum absolute atomic E-state index is 0.0771. The molecular formula is C23H27N3O2S2. The number of aromatic amines is 1. The minimum atomic E-state index is -0.188. The second kappa shape index (κ2) is 9.18. The van der Waals surface area contributed by atoms with Crippen LogP contribution in [0, 0.1) is 20.8 Å². The molecule has 5 nitrogen and oxygen atoms in total. The molecule has 3 aromatic rings. The summed E-state index contributed by atoms with van der Waals surface area (Å²) in [6, 6.07) is 6.33. The average Bonchev–Trinajstić information content (AvgIpc) is 3.03. The quantitative estimate of drug-likeness (QED) is 0.402. The monoisotopic (exact) mass is 441 g/mol. The Labute approximate surface area is 185 Å². The normalized spacial score (nSPS) is 11.1. The van der Waals surface area contributed by atoms with Crippen LogP contribution in [0.3, 0.4) is 0 Å². The van der Waals surface area contributed by atoms with Crippen LogP contribution in [0.5, 0.6) is 0 Å². The van der Waals surface area contributed by atoms with Crippen molar-refractivity contribution >= 4 is 39.2 Å². The van der Waals surface area contributed by atoms with E-state index in [1.807, 2.05) is 20.8 Å². The summed E-state index contributed by atoms with van der Waals surface area (Å²) in [5, 5.41) is 0.509. The van der Waals surface area contributed by atoms with Gasteiger partial charge in [0.25, 0.3) is 11.5 Å². The second-order valence-corrected chi connectivity index (χ2v) is 9.60. The Morgan fingerprint density at radius 1 is 1.30 bits per heavy atom. The third kappa shape index (κ3) is 4.68. The van der Waals surface area contributed by atoms with E-state index in [1.165, 1.54) is 27.4 Å². The lowest BCUT2D eigenvalue weighted by Crippen LogP contribution is -2.32. The number of carbonyl (C=O) groups excluding carboxylic acids is 1. The van der Waals surface area contributed by atoms with Crippen LogP contribution < -0.4 is 5.56 Å². The smallest absolute Gasteiger partial charge is 0.264 e. The first-order valence-corrected chi connectivity index (χ1v) is 11.7. The van der Waals surface area contributed by atoms with E-state index in [1.54, 1.807) is 16.7 Å². The van der Waals surface area contributed by atoms with Crippen molar-refractivity contribution in [2.75, 3.05) is 13.1 Å². The molecule has 1 amide bonds. The lowest BCUT2D eigenvalue weighted by atomic mass is 10.2. The fraction of sp³-hybridized carbons (Fsp3) is 0.348. The highest BCUT2D eigenvalue weighted by Gasteiger charge is 2.23. The van der Waals surface area contributed by atoms with Crippen molar-refractivity contribution in [3.05, 3.63) is 68.1 Å². The Kier molecular flexibility index (Phi) is 6.83. The largest absolute Gasteiger partial charge is 0.334 e. The first-order valence-electron chi connectivity index (χ1n) is 9.87. The molecule has 0 saturated heterocycles. The van der Waals surface area contributed by atoms with Crippen molar-refractivity contribution in [3.8, 4) is 0 Å². The highest BCUT2D eigenvalue weighted by atomic mass is 32.2. The van der Waals surface area contributed by atoms with Crippen LogP contribution in [-0.4, -0.2) is 33.9 Å². The molecule has 0 atom stereocenters. The number of amides is 1. The van der Waals surface area contributed by atoms with Crippen LogP contribution in [0.25, 0.3) is 10.2 Å². The maximum absolute atomic E-state index is 13.0. The van der Waals surface area contributed by atoms with Crippen LogP contribution in [-0.2, 0) is 5.75 Å². The molecule has 158 valence electrons. The van der Waals surface area contributed by atoms with Crippen LogP contribution in [0.4, 0.5) is 0 Å². The van der Waals surface area contributed by atoms with Gasteiger partial charge in [0.1, 0.15) is 10.7 Å². The predicted octanol–water partition coefficient (Wildman–Crippen LogP) is 5.24. The summed E-state index contributed by atoms with van der Waals surface area (Å²) >= 11 is 2.95. The van der Waals surface area contributed by atoms with Gasteiger partial charge in [-0.3, -0.25) is 9.59 Å². The SMILES string of the molecule is C=C(C)CN(CC)C(=O)c1sc2nc(CSc3cc(C)ccc3C)[nH]c(=O)c2c1C. The molecule has 30 heavy (non-hydrogen) atoms. The Morgan fingerprint density at radius 3 is 2.70 bits per heavy atom. The molecule has 0 unspecified atom stereocenters.